The fourth-order valence-corrected chi connectivity index (χ4v) is 2.70. The monoisotopic (exact) mass is 223 g/mol. The Morgan fingerprint density at radius 2 is 2.13 bits per heavy atom. The van der Waals surface area contributed by atoms with Crippen molar-refractivity contribution in [3.05, 3.63) is 24.0 Å². The van der Waals surface area contributed by atoms with E-state index < -0.39 is 0 Å². The quantitative estimate of drug-likeness (QED) is 0.735. The third-order valence-corrected chi connectivity index (χ3v) is 3.70. The predicted molar refractivity (Wildman–Crippen MR) is 59.0 cm³/mol. The van der Waals surface area contributed by atoms with E-state index in [0.29, 0.717) is 12.0 Å². The highest BCUT2D eigenvalue weighted by atomic mass is 35.5. The van der Waals surface area contributed by atoms with Crippen LogP contribution in [-0.4, -0.2) is 11.1 Å². The third kappa shape index (κ3) is 1.96. The van der Waals surface area contributed by atoms with Gasteiger partial charge in [-0.25, -0.2) is 0 Å². The molecule has 0 bridgehead atoms. The Bertz CT molecular complexity index is 358. The lowest BCUT2D eigenvalue weighted by atomic mass is 10.2. The first-order valence-electron chi connectivity index (χ1n) is 5.52. The van der Waals surface area contributed by atoms with Crippen LogP contribution in [-0.2, 0) is 5.88 Å². The van der Waals surface area contributed by atoms with Gasteiger partial charge in [0.1, 0.15) is 5.75 Å². The molecule has 0 saturated heterocycles. The third-order valence-electron chi connectivity index (χ3n) is 3.43. The van der Waals surface area contributed by atoms with Gasteiger partial charge in [0, 0.05) is 12.3 Å². The summed E-state index contributed by atoms with van der Waals surface area (Å²) in [6, 6.07) is 3.86. The zero-order valence-corrected chi connectivity index (χ0v) is 9.28. The van der Waals surface area contributed by atoms with Crippen LogP contribution in [0.4, 0.5) is 0 Å². The molecule has 80 valence electrons. The number of rotatable bonds is 3. The van der Waals surface area contributed by atoms with Gasteiger partial charge in [0.25, 0.3) is 0 Å². The molecule has 0 N–H and O–H groups in total. The number of ether oxygens (including phenoxy) is 1. The van der Waals surface area contributed by atoms with E-state index in [4.69, 9.17) is 16.3 Å². The van der Waals surface area contributed by atoms with Crippen LogP contribution < -0.4 is 4.74 Å². The summed E-state index contributed by atoms with van der Waals surface area (Å²) in [5, 5.41) is 0. The molecule has 0 aromatic carbocycles. The number of alkyl halides is 1. The highest BCUT2D eigenvalue weighted by Crippen LogP contribution is 2.52. The van der Waals surface area contributed by atoms with Gasteiger partial charge in [-0.1, -0.05) is 0 Å². The second-order valence-corrected chi connectivity index (χ2v) is 4.85. The lowest BCUT2D eigenvalue weighted by Gasteiger charge is -2.15. The Morgan fingerprint density at radius 3 is 2.87 bits per heavy atom. The minimum Gasteiger partial charge on any atom is -0.490 e. The molecule has 2 fully saturated rings. The van der Waals surface area contributed by atoms with E-state index in [9.17, 15) is 0 Å². The van der Waals surface area contributed by atoms with Crippen molar-refractivity contribution in [3.63, 3.8) is 0 Å². The Balaban J connectivity index is 1.65. The molecule has 1 heterocycles. The zero-order chi connectivity index (χ0) is 10.3. The molecule has 0 spiro atoms. The van der Waals surface area contributed by atoms with Crippen LogP contribution in [0.1, 0.15) is 25.0 Å². The predicted octanol–water partition coefficient (Wildman–Crippen LogP) is 3.00. The average molecular weight is 224 g/mol. The van der Waals surface area contributed by atoms with Crippen LogP contribution in [0, 0.1) is 11.8 Å². The minimum absolute atomic E-state index is 0.430. The highest BCUT2D eigenvalue weighted by molar-refractivity contribution is 6.16. The van der Waals surface area contributed by atoms with Crippen molar-refractivity contribution >= 4 is 11.6 Å². The molecule has 3 atom stereocenters. The largest absolute Gasteiger partial charge is 0.490 e. The van der Waals surface area contributed by atoms with E-state index in [1.54, 1.807) is 6.20 Å². The van der Waals surface area contributed by atoms with Gasteiger partial charge in [0.15, 0.2) is 0 Å². The van der Waals surface area contributed by atoms with Crippen molar-refractivity contribution < 1.29 is 4.74 Å². The lowest BCUT2D eigenvalue weighted by molar-refractivity contribution is 0.194. The van der Waals surface area contributed by atoms with E-state index in [1.165, 1.54) is 19.3 Å². The number of halogens is 1. The summed E-state index contributed by atoms with van der Waals surface area (Å²) in [6.45, 7) is 0. The molecular formula is C12H14ClNO. The van der Waals surface area contributed by atoms with E-state index in [0.717, 1.165) is 23.3 Å². The number of nitrogens with zero attached hydrogens (tertiary/aromatic N) is 1. The first-order chi connectivity index (χ1) is 7.35. The second-order valence-electron chi connectivity index (χ2n) is 4.58. The number of fused-ring (bicyclic) bond motifs is 1. The van der Waals surface area contributed by atoms with Crippen molar-refractivity contribution in [1.82, 2.24) is 4.98 Å². The van der Waals surface area contributed by atoms with Gasteiger partial charge in [0.05, 0.1) is 17.7 Å². The standard InChI is InChI=1S/C12H14ClNO/c13-7-10-6-11(1-2-14-10)15-12-4-8-3-9(8)5-12/h1-2,6,8-9,12H,3-5,7H2/t8-,9?,12?/m1/s1. The normalized spacial score (nSPS) is 32.5. The Kier molecular flexibility index (Phi) is 2.32. The summed E-state index contributed by atoms with van der Waals surface area (Å²) in [5.74, 6) is 3.30. The SMILES string of the molecule is ClCc1cc(OC2CC3C[C@@H]3C2)ccn1. The molecular weight excluding hydrogens is 210 g/mol. The smallest absolute Gasteiger partial charge is 0.123 e. The summed E-state index contributed by atoms with van der Waals surface area (Å²) in [4.78, 5) is 4.14. The summed E-state index contributed by atoms with van der Waals surface area (Å²) in [5.41, 5.74) is 0.886. The lowest BCUT2D eigenvalue weighted by Crippen LogP contribution is -2.13. The average Bonchev–Trinajstić information content (AvgIpc) is 2.87. The van der Waals surface area contributed by atoms with Gasteiger partial charge >= 0.3 is 0 Å². The zero-order valence-electron chi connectivity index (χ0n) is 8.53. The number of aromatic nitrogens is 1. The van der Waals surface area contributed by atoms with Gasteiger partial charge in [-0.2, -0.15) is 0 Å². The Labute approximate surface area is 94.6 Å². The summed E-state index contributed by atoms with van der Waals surface area (Å²) < 4.78 is 5.92. The molecule has 2 nitrogen and oxygen atoms in total. The molecule has 2 aliphatic carbocycles. The van der Waals surface area contributed by atoms with E-state index >= 15 is 0 Å². The molecule has 2 unspecified atom stereocenters. The Hall–Kier alpha value is -0.760. The molecule has 0 radical (unpaired) electrons. The van der Waals surface area contributed by atoms with Crippen molar-refractivity contribution in [2.75, 3.05) is 0 Å². The number of hydrogen-bond acceptors (Lipinski definition) is 2. The van der Waals surface area contributed by atoms with Crippen LogP contribution >= 0.6 is 11.6 Å². The molecule has 15 heavy (non-hydrogen) atoms. The molecule has 1 aromatic heterocycles. The molecule has 3 rings (SSSR count). The van der Waals surface area contributed by atoms with Crippen molar-refractivity contribution in [3.8, 4) is 5.75 Å². The van der Waals surface area contributed by atoms with Gasteiger partial charge in [-0.05, 0) is 37.2 Å². The van der Waals surface area contributed by atoms with E-state index in [1.807, 2.05) is 12.1 Å². The number of hydrogen-bond donors (Lipinski definition) is 0. The Morgan fingerprint density at radius 1 is 1.33 bits per heavy atom. The van der Waals surface area contributed by atoms with E-state index in [-0.39, 0.29) is 0 Å². The summed E-state index contributed by atoms with van der Waals surface area (Å²) >= 11 is 5.73. The fourth-order valence-electron chi connectivity index (χ4n) is 2.55. The molecule has 2 aliphatic rings. The van der Waals surface area contributed by atoms with Crippen LogP contribution in [0.2, 0.25) is 0 Å². The molecule has 0 amide bonds. The summed E-state index contributed by atoms with van der Waals surface area (Å²) in [6.07, 6.45) is 6.11. The van der Waals surface area contributed by atoms with Gasteiger partial charge < -0.3 is 4.74 Å². The first-order valence-corrected chi connectivity index (χ1v) is 6.06. The molecule has 1 aromatic rings. The van der Waals surface area contributed by atoms with Crippen LogP contribution in [0.15, 0.2) is 18.3 Å². The van der Waals surface area contributed by atoms with Crippen LogP contribution in [0.25, 0.3) is 0 Å². The second kappa shape index (κ2) is 3.67. The van der Waals surface area contributed by atoms with Gasteiger partial charge in [0.2, 0.25) is 0 Å². The topological polar surface area (TPSA) is 22.1 Å². The summed E-state index contributed by atoms with van der Waals surface area (Å²) in [7, 11) is 0. The maximum Gasteiger partial charge on any atom is 0.123 e. The first kappa shape index (κ1) is 9.46. The molecule has 3 heteroatoms. The minimum atomic E-state index is 0.430. The molecule has 0 aliphatic heterocycles. The van der Waals surface area contributed by atoms with Crippen molar-refractivity contribution in [2.24, 2.45) is 11.8 Å². The maximum atomic E-state index is 5.92. The maximum absolute atomic E-state index is 5.92. The van der Waals surface area contributed by atoms with Gasteiger partial charge in [-0.15, -0.1) is 11.6 Å². The van der Waals surface area contributed by atoms with Crippen LogP contribution in [0.5, 0.6) is 5.75 Å². The fraction of sp³-hybridized carbons (Fsp3) is 0.583. The van der Waals surface area contributed by atoms with E-state index in [2.05, 4.69) is 4.98 Å². The molecule has 2 saturated carbocycles. The van der Waals surface area contributed by atoms with Gasteiger partial charge in [-0.3, -0.25) is 4.98 Å². The van der Waals surface area contributed by atoms with Crippen molar-refractivity contribution in [1.29, 1.82) is 0 Å². The van der Waals surface area contributed by atoms with Crippen molar-refractivity contribution in [2.45, 2.75) is 31.2 Å². The van der Waals surface area contributed by atoms with Crippen LogP contribution in [0.3, 0.4) is 0 Å². The number of pyridine rings is 1. The highest BCUT2D eigenvalue weighted by Gasteiger charge is 2.46.